The summed E-state index contributed by atoms with van der Waals surface area (Å²) in [5.41, 5.74) is 6.32. The van der Waals surface area contributed by atoms with E-state index in [9.17, 15) is 4.79 Å². The highest BCUT2D eigenvalue weighted by molar-refractivity contribution is 5.69. The highest BCUT2D eigenvalue weighted by Crippen LogP contribution is 2.21. The van der Waals surface area contributed by atoms with E-state index in [2.05, 4.69) is 20.8 Å². The maximum Gasteiger partial charge on any atom is 0.306 e. The Morgan fingerprint density at radius 2 is 1.15 bits per heavy atom. The Morgan fingerprint density at radius 1 is 0.769 bits per heavy atom. The molecule has 0 aliphatic rings. The highest BCUT2D eigenvalue weighted by atomic mass is 16.5. The number of esters is 1. The van der Waals surface area contributed by atoms with Crippen LogP contribution in [-0.4, -0.2) is 17.6 Å². The van der Waals surface area contributed by atoms with E-state index in [0.29, 0.717) is 12.3 Å². The third kappa shape index (κ3) is 15.7. The lowest BCUT2D eigenvalue weighted by Gasteiger charge is -2.29. The fourth-order valence-corrected chi connectivity index (χ4v) is 3.15. The summed E-state index contributed by atoms with van der Waals surface area (Å²) in [4.78, 5) is 11.4. The van der Waals surface area contributed by atoms with Gasteiger partial charge in [0.2, 0.25) is 0 Å². The Kier molecular flexibility index (Phi) is 15.1. The molecule has 1 unspecified atom stereocenters. The summed E-state index contributed by atoms with van der Waals surface area (Å²) in [5.74, 6) is 0.525. The molecule has 3 nitrogen and oxygen atoms in total. The van der Waals surface area contributed by atoms with Crippen LogP contribution in [0.5, 0.6) is 0 Å². The van der Waals surface area contributed by atoms with Gasteiger partial charge in [0, 0.05) is 12.0 Å². The van der Waals surface area contributed by atoms with E-state index in [1.165, 1.54) is 64.2 Å². The molecule has 0 amide bonds. The predicted octanol–water partition coefficient (Wildman–Crippen LogP) is 6.77. The van der Waals surface area contributed by atoms with Gasteiger partial charge in [-0.3, -0.25) is 4.79 Å². The average molecular weight is 370 g/mol. The van der Waals surface area contributed by atoms with Gasteiger partial charge in [0.1, 0.15) is 0 Å². The fraction of sp³-hybridized carbons (Fsp3) is 0.957. The molecule has 0 aliphatic carbocycles. The molecular weight excluding hydrogens is 322 g/mol. The van der Waals surface area contributed by atoms with Crippen molar-refractivity contribution in [2.75, 3.05) is 0 Å². The van der Waals surface area contributed by atoms with Crippen molar-refractivity contribution in [3.63, 3.8) is 0 Å². The number of nitrogens with two attached hydrogens (primary N) is 1. The second-order valence-corrected chi connectivity index (χ2v) is 8.94. The number of hydrogen-bond acceptors (Lipinski definition) is 3. The van der Waals surface area contributed by atoms with Gasteiger partial charge in [-0.15, -0.1) is 0 Å². The van der Waals surface area contributed by atoms with Crippen LogP contribution in [0.4, 0.5) is 0 Å². The van der Waals surface area contributed by atoms with Crippen molar-refractivity contribution in [3.05, 3.63) is 0 Å². The summed E-state index contributed by atoms with van der Waals surface area (Å²) in [6, 6.07) is 0. The van der Waals surface area contributed by atoms with Gasteiger partial charge in [0.05, 0.1) is 6.10 Å². The molecule has 0 saturated carbocycles. The smallest absolute Gasteiger partial charge is 0.306 e. The van der Waals surface area contributed by atoms with Crippen molar-refractivity contribution in [2.45, 2.75) is 136 Å². The van der Waals surface area contributed by atoms with Crippen molar-refractivity contribution >= 4 is 5.97 Å². The molecule has 156 valence electrons. The average Bonchev–Trinajstić information content (AvgIpc) is 2.54. The first-order valence-corrected chi connectivity index (χ1v) is 11.2. The van der Waals surface area contributed by atoms with Crippen molar-refractivity contribution in [2.24, 2.45) is 11.7 Å². The van der Waals surface area contributed by atoms with Crippen LogP contribution in [-0.2, 0) is 9.53 Å². The minimum Gasteiger partial charge on any atom is -0.463 e. The quantitative estimate of drug-likeness (QED) is 0.227. The van der Waals surface area contributed by atoms with E-state index in [1.54, 1.807) is 0 Å². The number of hydrogen-bond donors (Lipinski definition) is 1. The lowest BCUT2D eigenvalue weighted by molar-refractivity contribution is -0.147. The molecule has 0 radical (unpaired) electrons. The Bertz CT molecular complexity index is 337. The first-order valence-electron chi connectivity index (χ1n) is 11.2. The molecule has 0 heterocycles. The Labute approximate surface area is 163 Å². The summed E-state index contributed by atoms with van der Waals surface area (Å²) in [6.45, 7) is 10.4. The standard InChI is InChI=1S/C23H47NO2/c1-20(2)23(5,24)19-17-15-13-11-9-7-6-8-10-12-14-16-18-22(25)26-21(3)4/h20-21H,6-19,24H2,1-5H3. The lowest BCUT2D eigenvalue weighted by Crippen LogP contribution is -2.41. The van der Waals surface area contributed by atoms with Crippen molar-refractivity contribution in [1.82, 2.24) is 0 Å². The minimum absolute atomic E-state index is 0.00867. The normalized spacial score (nSPS) is 14.0. The largest absolute Gasteiger partial charge is 0.463 e. The van der Waals surface area contributed by atoms with Crippen LogP contribution in [0.3, 0.4) is 0 Å². The first kappa shape index (κ1) is 25.4. The minimum atomic E-state index is -0.0414. The summed E-state index contributed by atoms with van der Waals surface area (Å²) < 4.78 is 5.14. The third-order valence-electron chi connectivity index (χ3n) is 5.53. The molecule has 2 N–H and O–H groups in total. The maximum absolute atomic E-state index is 11.4. The number of rotatable bonds is 17. The molecule has 0 fully saturated rings. The van der Waals surface area contributed by atoms with Gasteiger partial charge >= 0.3 is 5.97 Å². The zero-order valence-electron chi connectivity index (χ0n) is 18.4. The first-order chi connectivity index (χ1) is 12.3. The van der Waals surface area contributed by atoms with Crippen molar-refractivity contribution in [1.29, 1.82) is 0 Å². The second-order valence-electron chi connectivity index (χ2n) is 8.94. The summed E-state index contributed by atoms with van der Waals surface area (Å²) in [6.07, 6.45) is 17.3. The Hall–Kier alpha value is -0.570. The topological polar surface area (TPSA) is 52.3 Å². The lowest BCUT2D eigenvalue weighted by atomic mass is 9.84. The summed E-state index contributed by atoms with van der Waals surface area (Å²) >= 11 is 0. The summed E-state index contributed by atoms with van der Waals surface area (Å²) in [7, 11) is 0. The molecule has 1 atom stereocenters. The highest BCUT2D eigenvalue weighted by Gasteiger charge is 2.21. The fourth-order valence-electron chi connectivity index (χ4n) is 3.15. The zero-order valence-corrected chi connectivity index (χ0v) is 18.4. The molecule has 0 aromatic rings. The van der Waals surface area contributed by atoms with Gasteiger partial charge in [-0.1, -0.05) is 84.5 Å². The van der Waals surface area contributed by atoms with Crippen LogP contribution in [0.1, 0.15) is 125 Å². The van der Waals surface area contributed by atoms with Gasteiger partial charge in [-0.2, -0.15) is 0 Å². The van der Waals surface area contributed by atoms with Crippen LogP contribution in [0.25, 0.3) is 0 Å². The number of carbonyl (C=O) groups excluding carboxylic acids is 1. The Balaban J connectivity index is 3.24. The van der Waals surface area contributed by atoms with Crippen LogP contribution >= 0.6 is 0 Å². The van der Waals surface area contributed by atoms with Gasteiger partial charge < -0.3 is 10.5 Å². The van der Waals surface area contributed by atoms with Crippen LogP contribution in [0.15, 0.2) is 0 Å². The molecule has 0 bridgehead atoms. The van der Waals surface area contributed by atoms with E-state index in [-0.39, 0.29) is 17.6 Å². The monoisotopic (exact) mass is 369 g/mol. The van der Waals surface area contributed by atoms with E-state index in [0.717, 1.165) is 19.3 Å². The van der Waals surface area contributed by atoms with Crippen LogP contribution in [0, 0.1) is 5.92 Å². The van der Waals surface area contributed by atoms with Gasteiger partial charge in [0.15, 0.2) is 0 Å². The van der Waals surface area contributed by atoms with Gasteiger partial charge in [0.25, 0.3) is 0 Å². The van der Waals surface area contributed by atoms with Crippen LogP contribution in [0.2, 0.25) is 0 Å². The molecular formula is C23H47NO2. The van der Waals surface area contributed by atoms with Crippen molar-refractivity contribution in [3.8, 4) is 0 Å². The third-order valence-corrected chi connectivity index (χ3v) is 5.53. The predicted molar refractivity (Wildman–Crippen MR) is 113 cm³/mol. The van der Waals surface area contributed by atoms with Crippen molar-refractivity contribution < 1.29 is 9.53 Å². The number of ether oxygens (including phenoxy) is 1. The zero-order chi connectivity index (χ0) is 19.8. The molecule has 0 saturated heterocycles. The molecule has 0 spiro atoms. The molecule has 0 rings (SSSR count). The van der Waals surface area contributed by atoms with E-state index >= 15 is 0 Å². The van der Waals surface area contributed by atoms with E-state index in [4.69, 9.17) is 10.5 Å². The van der Waals surface area contributed by atoms with Gasteiger partial charge in [-0.05, 0) is 39.5 Å². The number of carbonyl (C=O) groups is 1. The van der Waals surface area contributed by atoms with E-state index < -0.39 is 0 Å². The molecule has 0 aliphatic heterocycles. The molecule has 0 aromatic carbocycles. The summed E-state index contributed by atoms with van der Waals surface area (Å²) in [5, 5.41) is 0. The molecule has 3 heteroatoms. The molecule has 26 heavy (non-hydrogen) atoms. The second kappa shape index (κ2) is 15.5. The van der Waals surface area contributed by atoms with Gasteiger partial charge in [-0.25, -0.2) is 0 Å². The SMILES string of the molecule is CC(C)OC(=O)CCCCCCCCCCCCCCC(C)(N)C(C)C. The Morgan fingerprint density at radius 3 is 1.54 bits per heavy atom. The van der Waals surface area contributed by atoms with E-state index in [1.807, 2.05) is 13.8 Å². The van der Waals surface area contributed by atoms with Crippen LogP contribution < -0.4 is 5.73 Å². The maximum atomic E-state index is 11.4. The molecule has 0 aromatic heterocycles. The number of unbranched alkanes of at least 4 members (excludes halogenated alkanes) is 11.